The first-order valence-corrected chi connectivity index (χ1v) is 12.5. The zero-order valence-electron chi connectivity index (χ0n) is 22.8. The first-order chi connectivity index (χ1) is 14.6. The van der Waals surface area contributed by atoms with Crippen LogP contribution in [-0.4, -0.2) is 61.3 Å². The van der Waals surface area contributed by atoms with E-state index >= 15 is 0 Å². The predicted molar refractivity (Wildman–Crippen MR) is 132 cm³/mol. The Morgan fingerprint density at radius 3 is 1.56 bits per heavy atom. The second kappa shape index (κ2) is 14.5. The van der Waals surface area contributed by atoms with Gasteiger partial charge in [0.05, 0.1) is 48.8 Å². The summed E-state index contributed by atoms with van der Waals surface area (Å²) in [5, 5.41) is 2.91. The second-order valence-corrected chi connectivity index (χ2v) is 11.1. The van der Waals surface area contributed by atoms with Gasteiger partial charge in [-0.3, -0.25) is 4.79 Å². The lowest BCUT2D eigenvalue weighted by Crippen LogP contribution is -2.35. The van der Waals surface area contributed by atoms with Crippen LogP contribution in [0.5, 0.6) is 0 Å². The molecule has 0 aliphatic heterocycles. The monoisotopic (exact) mass is 459 g/mol. The molecule has 0 bridgehead atoms. The highest BCUT2D eigenvalue weighted by Crippen LogP contribution is 2.21. The minimum absolute atomic E-state index is 0.0183. The van der Waals surface area contributed by atoms with Gasteiger partial charge < -0.3 is 24.3 Å². The van der Waals surface area contributed by atoms with Crippen LogP contribution in [0, 0.1) is 0 Å². The summed E-state index contributed by atoms with van der Waals surface area (Å²) in [6, 6.07) is 0. The van der Waals surface area contributed by atoms with Crippen molar-refractivity contribution in [2.75, 3.05) is 33.0 Å². The number of hydrogen-bond donors (Lipinski definition) is 1. The Balaban J connectivity index is 3.96. The van der Waals surface area contributed by atoms with Gasteiger partial charge in [-0.05, 0) is 81.1 Å². The molecule has 0 aromatic heterocycles. The highest BCUT2D eigenvalue weighted by molar-refractivity contribution is 5.75. The maximum atomic E-state index is 12.1. The molecule has 0 spiro atoms. The Kier molecular flexibility index (Phi) is 14.2. The summed E-state index contributed by atoms with van der Waals surface area (Å²) in [5.74, 6) is -0.0183. The Hall–Kier alpha value is -0.690. The number of carbonyl (C=O) groups excluding carboxylic acids is 1. The summed E-state index contributed by atoms with van der Waals surface area (Å²) in [6.45, 7) is 23.6. The van der Waals surface area contributed by atoms with Crippen molar-refractivity contribution >= 4 is 5.91 Å². The zero-order valence-corrected chi connectivity index (χ0v) is 22.8. The number of carbonyl (C=O) groups is 1. The number of nitrogens with one attached hydrogen (secondary N) is 1. The first kappa shape index (κ1) is 31.3. The fourth-order valence-electron chi connectivity index (χ4n) is 3.09. The minimum Gasteiger partial charge on any atom is -0.375 e. The molecule has 0 aromatic rings. The predicted octanol–water partition coefficient (Wildman–Crippen LogP) is 5.66. The summed E-state index contributed by atoms with van der Waals surface area (Å²) < 4.78 is 23.8. The molecule has 0 saturated heterocycles. The van der Waals surface area contributed by atoms with Gasteiger partial charge in [0.1, 0.15) is 0 Å². The molecular weight excluding hydrogens is 406 g/mol. The lowest BCUT2D eigenvalue weighted by Gasteiger charge is -2.29. The van der Waals surface area contributed by atoms with Gasteiger partial charge in [-0.25, -0.2) is 0 Å². The highest BCUT2D eigenvalue weighted by Gasteiger charge is 2.23. The quantitative estimate of drug-likeness (QED) is 0.252. The van der Waals surface area contributed by atoms with Crippen LogP contribution in [0.3, 0.4) is 0 Å². The van der Waals surface area contributed by atoms with Crippen LogP contribution in [0.25, 0.3) is 0 Å². The van der Waals surface area contributed by atoms with E-state index in [2.05, 4.69) is 60.7 Å². The van der Waals surface area contributed by atoms with Crippen LogP contribution in [0.1, 0.15) is 108 Å². The molecule has 0 atom stereocenters. The molecule has 0 aromatic carbocycles. The Morgan fingerprint density at radius 1 is 0.625 bits per heavy atom. The lowest BCUT2D eigenvalue weighted by atomic mass is 10.0. The first-order valence-electron chi connectivity index (χ1n) is 12.5. The van der Waals surface area contributed by atoms with Crippen LogP contribution in [0.15, 0.2) is 0 Å². The van der Waals surface area contributed by atoms with Crippen LogP contribution in [-0.2, 0) is 23.7 Å². The van der Waals surface area contributed by atoms with Crippen LogP contribution in [0.2, 0.25) is 0 Å². The molecule has 6 heteroatoms. The third-order valence-electron chi connectivity index (χ3n) is 5.84. The third kappa shape index (κ3) is 16.9. The summed E-state index contributed by atoms with van der Waals surface area (Å²) in [4.78, 5) is 12.1. The van der Waals surface area contributed by atoms with E-state index in [-0.39, 0.29) is 28.3 Å². The van der Waals surface area contributed by atoms with Crippen molar-refractivity contribution in [3.05, 3.63) is 0 Å². The van der Waals surface area contributed by atoms with Crippen LogP contribution >= 0.6 is 0 Å². The molecule has 0 rings (SSSR count). The van der Waals surface area contributed by atoms with Crippen molar-refractivity contribution in [1.82, 2.24) is 5.32 Å². The SMILES string of the molecule is CCCC(C)(C)OCCC(C)(C)OCCNC(=O)CCOC(C)(C)CCOC(C)(C)CC. The van der Waals surface area contributed by atoms with Gasteiger partial charge in [-0.15, -0.1) is 0 Å². The topological polar surface area (TPSA) is 66.0 Å². The zero-order chi connectivity index (χ0) is 24.9. The van der Waals surface area contributed by atoms with Gasteiger partial charge in [0.2, 0.25) is 5.91 Å². The Labute approximate surface area is 198 Å². The second-order valence-electron chi connectivity index (χ2n) is 11.1. The summed E-state index contributed by atoms with van der Waals surface area (Å²) in [6.07, 6.45) is 5.08. The standard InChI is InChI=1S/C26H53NO5/c1-11-14-24(5,6)31-20-16-26(9,10)32-21-17-27-22(28)13-18-29-25(7,8)15-19-30-23(3,4)12-2/h11-21H2,1-10H3,(H,27,28). The number of rotatable bonds is 19. The van der Waals surface area contributed by atoms with Gasteiger partial charge in [0.25, 0.3) is 0 Å². The summed E-state index contributed by atoms with van der Waals surface area (Å²) >= 11 is 0. The lowest BCUT2D eigenvalue weighted by molar-refractivity contribution is -0.125. The summed E-state index contributed by atoms with van der Waals surface area (Å²) in [7, 11) is 0. The van der Waals surface area contributed by atoms with Crippen molar-refractivity contribution < 1.29 is 23.7 Å². The van der Waals surface area contributed by atoms with Crippen molar-refractivity contribution in [1.29, 1.82) is 0 Å². The van der Waals surface area contributed by atoms with Gasteiger partial charge in [0.15, 0.2) is 0 Å². The molecule has 192 valence electrons. The molecule has 0 aliphatic rings. The van der Waals surface area contributed by atoms with E-state index in [4.69, 9.17) is 18.9 Å². The van der Waals surface area contributed by atoms with Gasteiger partial charge in [-0.2, -0.15) is 0 Å². The molecule has 0 aliphatic carbocycles. The van der Waals surface area contributed by atoms with E-state index in [1.165, 1.54) is 0 Å². The van der Waals surface area contributed by atoms with Gasteiger partial charge >= 0.3 is 0 Å². The van der Waals surface area contributed by atoms with E-state index in [1.54, 1.807) is 0 Å². The molecule has 0 saturated carbocycles. The highest BCUT2D eigenvalue weighted by atomic mass is 16.5. The fraction of sp³-hybridized carbons (Fsp3) is 0.962. The van der Waals surface area contributed by atoms with Crippen LogP contribution in [0.4, 0.5) is 0 Å². The fourth-order valence-corrected chi connectivity index (χ4v) is 3.09. The van der Waals surface area contributed by atoms with Crippen molar-refractivity contribution in [2.24, 2.45) is 0 Å². The number of hydrogen-bond acceptors (Lipinski definition) is 5. The molecule has 6 nitrogen and oxygen atoms in total. The molecule has 32 heavy (non-hydrogen) atoms. The van der Waals surface area contributed by atoms with Gasteiger partial charge in [0, 0.05) is 13.0 Å². The molecule has 0 heterocycles. The number of amides is 1. The maximum absolute atomic E-state index is 12.1. The van der Waals surface area contributed by atoms with Crippen molar-refractivity contribution in [2.45, 2.75) is 130 Å². The van der Waals surface area contributed by atoms with Crippen molar-refractivity contribution in [3.8, 4) is 0 Å². The smallest absolute Gasteiger partial charge is 0.222 e. The Morgan fingerprint density at radius 2 is 1.06 bits per heavy atom. The average Bonchev–Trinajstić information content (AvgIpc) is 2.64. The molecule has 1 amide bonds. The molecular formula is C26H53NO5. The summed E-state index contributed by atoms with van der Waals surface area (Å²) in [5.41, 5.74) is -0.792. The normalized spacial score (nSPS) is 13.4. The Bertz CT molecular complexity index is 514. The maximum Gasteiger partial charge on any atom is 0.222 e. The molecule has 0 unspecified atom stereocenters. The minimum atomic E-state index is -0.314. The van der Waals surface area contributed by atoms with E-state index in [1.807, 2.05) is 13.8 Å². The van der Waals surface area contributed by atoms with E-state index in [9.17, 15) is 4.79 Å². The third-order valence-corrected chi connectivity index (χ3v) is 5.84. The number of ether oxygens (including phenoxy) is 4. The molecule has 0 fully saturated rings. The molecule has 0 radical (unpaired) electrons. The van der Waals surface area contributed by atoms with E-state index in [0.717, 1.165) is 32.1 Å². The van der Waals surface area contributed by atoms with Crippen LogP contribution < -0.4 is 5.32 Å². The average molecular weight is 460 g/mol. The van der Waals surface area contributed by atoms with E-state index < -0.39 is 0 Å². The van der Waals surface area contributed by atoms with Gasteiger partial charge in [-0.1, -0.05) is 20.3 Å². The molecule has 1 N–H and O–H groups in total. The largest absolute Gasteiger partial charge is 0.375 e. The van der Waals surface area contributed by atoms with E-state index in [0.29, 0.717) is 39.4 Å². The van der Waals surface area contributed by atoms with Crippen molar-refractivity contribution in [3.63, 3.8) is 0 Å².